The minimum Gasteiger partial charge on any atom is -0.345 e. The lowest BCUT2D eigenvalue weighted by molar-refractivity contribution is 0.0949. The molecule has 0 unspecified atom stereocenters. The van der Waals surface area contributed by atoms with E-state index in [1.807, 2.05) is 0 Å². The lowest BCUT2D eigenvalue weighted by Gasteiger charge is -2.10. The van der Waals surface area contributed by atoms with E-state index in [2.05, 4.69) is 24.8 Å². The first kappa shape index (κ1) is 19.3. The van der Waals surface area contributed by atoms with E-state index >= 15 is 0 Å². The fourth-order valence-corrected chi connectivity index (χ4v) is 4.29. The summed E-state index contributed by atoms with van der Waals surface area (Å²) in [6.45, 7) is 2.97. The van der Waals surface area contributed by atoms with Gasteiger partial charge in [-0.05, 0) is 37.5 Å². The first-order valence-electron chi connectivity index (χ1n) is 9.28. The van der Waals surface area contributed by atoms with Crippen molar-refractivity contribution in [2.75, 3.05) is 10.5 Å². The lowest BCUT2D eigenvalue weighted by atomic mass is 10.2. The van der Waals surface area contributed by atoms with Crippen molar-refractivity contribution in [1.82, 2.24) is 20.1 Å². The quantitative estimate of drug-likeness (QED) is 0.752. The monoisotopic (exact) mass is 391 g/mol. The second kappa shape index (κ2) is 8.51. The van der Waals surface area contributed by atoms with E-state index in [9.17, 15) is 13.2 Å². The third-order valence-electron chi connectivity index (χ3n) is 4.46. The number of anilines is 1. The van der Waals surface area contributed by atoms with E-state index in [0.717, 1.165) is 37.5 Å². The van der Waals surface area contributed by atoms with Crippen LogP contribution in [0.1, 0.15) is 54.6 Å². The Labute approximate surface area is 159 Å². The average Bonchev–Trinajstić information content (AvgIpc) is 2.85. The number of carbonyl (C=O) groups excluding carboxylic acids is 1. The van der Waals surface area contributed by atoms with Crippen LogP contribution in [0.4, 0.5) is 5.69 Å². The summed E-state index contributed by atoms with van der Waals surface area (Å²) < 4.78 is 28.4. The van der Waals surface area contributed by atoms with Crippen LogP contribution >= 0.6 is 0 Å². The molecule has 2 aromatic rings. The molecule has 1 aromatic heterocycles. The van der Waals surface area contributed by atoms with Gasteiger partial charge in [-0.25, -0.2) is 8.42 Å². The van der Waals surface area contributed by atoms with Crippen molar-refractivity contribution in [2.24, 2.45) is 0 Å². The Bertz CT molecular complexity index is 907. The molecule has 27 heavy (non-hydrogen) atoms. The van der Waals surface area contributed by atoms with E-state index in [1.165, 1.54) is 12.5 Å². The number of benzene rings is 1. The molecule has 0 aliphatic carbocycles. The molecule has 1 aliphatic heterocycles. The topological polar surface area (TPSA) is 106 Å². The van der Waals surface area contributed by atoms with E-state index in [0.29, 0.717) is 17.7 Å². The highest BCUT2D eigenvalue weighted by atomic mass is 32.2. The molecule has 9 heteroatoms. The van der Waals surface area contributed by atoms with Crippen LogP contribution in [0.3, 0.4) is 0 Å². The predicted octanol–water partition coefficient (Wildman–Crippen LogP) is 2.09. The fraction of sp³-hybridized carbons (Fsp3) is 0.500. The summed E-state index contributed by atoms with van der Waals surface area (Å²) in [6, 6.07) is 6.47. The molecule has 0 saturated heterocycles. The zero-order valence-corrected chi connectivity index (χ0v) is 16.3. The van der Waals surface area contributed by atoms with Crippen LogP contribution in [0.25, 0.3) is 0 Å². The van der Waals surface area contributed by atoms with Crippen LogP contribution in [0.2, 0.25) is 0 Å². The molecule has 0 radical (unpaired) electrons. The number of sulfonamides is 1. The Balaban J connectivity index is 1.65. The largest absolute Gasteiger partial charge is 0.345 e. The minimum atomic E-state index is -3.39. The van der Waals surface area contributed by atoms with Gasteiger partial charge in [-0.2, -0.15) is 0 Å². The van der Waals surface area contributed by atoms with Crippen molar-refractivity contribution in [2.45, 2.75) is 52.1 Å². The maximum atomic E-state index is 12.5. The van der Waals surface area contributed by atoms with Gasteiger partial charge in [0.1, 0.15) is 5.82 Å². The summed E-state index contributed by atoms with van der Waals surface area (Å²) >= 11 is 0. The van der Waals surface area contributed by atoms with Gasteiger partial charge >= 0.3 is 0 Å². The van der Waals surface area contributed by atoms with E-state index in [-0.39, 0.29) is 18.2 Å². The molecule has 0 bridgehead atoms. The van der Waals surface area contributed by atoms with Gasteiger partial charge in [0.15, 0.2) is 5.82 Å². The minimum absolute atomic E-state index is 0.0431. The summed E-state index contributed by atoms with van der Waals surface area (Å²) in [4.78, 5) is 12.5. The molecular weight excluding hydrogens is 366 g/mol. The SMILES string of the molecule is CCCS(=O)(=O)Nc1cccc(C(=O)NCc2nnc3n2CCCCC3)c1. The Morgan fingerprint density at radius 1 is 1.22 bits per heavy atom. The van der Waals surface area contributed by atoms with E-state index < -0.39 is 10.0 Å². The van der Waals surface area contributed by atoms with Gasteiger partial charge in [-0.15, -0.1) is 10.2 Å². The molecule has 2 N–H and O–H groups in total. The number of nitrogens with one attached hydrogen (secondary N) is 2. The van der Waals surface area contributed by atoms with Gasteiger partial charge in [0, 0.05) is 24.2 Å². The Kier molecular flexibility index (Phi) is 6.10. The van der Waals surface area contributed by atoms with Gasteiger partial charge in [-0.3, -0.25) is 9.52 Å². The van der Waals surface area contributed by atoms with Crippen molar-refractivity contribution >= 4 is 21.6 Å². The van der Waals surface area contributed by atoms with Crippen LogP contribution in [-0.4, -0.2) is 34.8 Å². The molecule has 0 fully saturated rings. The third-order valence-corrected chi connectivity index (χ3v) is 5.96. The van der Waals surface area contributed by atoms with Gasteiger partial charge < -0.3 is 9.88 Å². The molecule has 0 atom stereocenters. The van der Waals surface area contributed by atoms with Crippen LogP contribution in [0.5, 0.6) is 0 Å². The molecule has 1 aliphatic rings. The number of fused-ring (bicyclic) bond motifs is 1. The summed E-state index contributed by atoms with van der Waals surface area (Å²) in [5, 5.41) is 11.3. The third kappa shape index (κ3) is 5.06. The van der Waals surface area contributed by atoms with Crippen LogP contribution in [-0.2, 0) is 29.5 Å². The molecule has 1 amide bonds. The first-order chi connectivity index (χ1) is 13.0. The summed E-state index contributed by atoms with van der Waals surface area (Å²) in [5.74, 6) is 1.49. The van der Waals surface area contributed by atoms with Gasteiger partial charge in [0.25, 0.3) is 5.91 Å². The Hall–Kier alpha value is -2.42. The molecule has 3 rings (SSSR count). The number of nitrogens with zero attached hydrogens (tertiary/aromatic N) is 3. The normalized spacial score (nSPS) is 14.3. The number of aromatic nitrogens is 3. The van der Waals surface area contributed by atoms with Crippen molar-refractivity contribution < 1.29 is 13.2 Å². The maximum absolute atomic E-state index is 12.5. The molecule has 8 nitrogen and oxygen atoms in total. The van der Waals surface area contributed by atoms with Crippen molar-refractivity contribution in [3.63, 3.8) is 0 Å². The van der Waals surface area contributed by atoms with E-state index in [4.69, 9.17) is 0 Å². The molecule has 0 spiro atoms. The predicted molar refractivity (Wildman–Crippen MR) is 103 cm³/mol. The Morgan fingerprint density at radius 3 is 2.89 bits per heavy atom. The number of rotatable bonds is 7. The van der Waals surface area contributed by atoms with Crippen molar-refractivity contribution in [3.05, 3.63) is 41.5 Å². The summed E-state index contributed by atoms with van der Waals surface area (Å²) in [5.41, 5.74) is 0.773. The molecule has 146 valence electrons. The highest BCUT2D eigenvalue weighted by Crippen LogP contribution is 2.15. The standard InChI is InChI=1S/C18H25N5O3S/c1-2-11-27(25,26)22-15-8-6-7-14(12-15)18(24)19-13-17-21-20-16-9-4-3-5-10-23(16)17/h6-8,12,22H,2-5,9-11,13H2,1H3,(H,19,24). The number of carbonyl (C=O) groups is 1. The fourth-order valence-electron chi connectivity index (χ4n) is 3.16. The summed E-state index contributed by atoms with van der Waals surface area (Å²) in [7, 11) is -3.39. The number of aryl methyl sites for hydroxylation is 1. The Morgan fingerprint density at radius 2 is 2.07 bits per heavy atom. The highest BCUT2D eigenvalue weighted by Gasteiger charge is 2.16. The van der Waals surface area contributed by atoms with Crippen LogP contribution < -0.4 is 10.0 Å². The maximum Gasteiger partial charge on any atom is 0.251 e. The second-order valence-corrected chi connectivity index (χ2v) is 8.52. The summed E-state index contributed by atoms with van der Waals surface area (Å²) in [6.07, 6.45) is 4.83. The van der Waals surface area contributed by atoms with Crippen molar-refractivity contribution in [1.29, 1.82) is 0 Å². The number of hydrogen-bond donors (Lipinski definition) is 2. The number of amides is 1. The van der Waals surface area contributed by atoms with E-state index in [1.54, 1.807) is 25.1 Å². The molecule has 2 heterocycles. The van der Waals surface area contributed by atoms with Gasteiger partial charge in [0.05, 0.1) is 12.3 Å². The lowest BCUT2D eigenvalue weighted by Crippen LogP contribution is -2.25. The molecule has 1 aromatic carbocycles. The first-order valence-corrected chi connectivity index (χ1v) is 10.9. The number of hydrogen-bond acceptors (Lipinski definition) is 5. The zero-order valence-electron chi connectivity index (χ0n) is 15.4. The zero-order chi connectivity index (χ0) is 19.3. The van der Waals surface area contributed by atoms with Crippen LogP contribution in [0, 0.1) is 0 Å². The second-order valence-electron chi connectivity index (χ2n) is 6.68. The molecular formula is C18H25N5O3S. The van der Waals surface area contributed by atoms with Crippen LogP contribution in [0.15, 0.2) is 24.3 Å². The van der Waals surface area contributed by atoms with Gasteiger partial charge in [0.2, 0.25) is 10.0 Å². The molecule has 0 saturated carbocycles. The van der Waals surface area contributed by atoms with Crippen molar-refractivity contribution in [3.8, 4) is 0 Å². The smallest absolute Gasteiger partial charge is 0.251 e. The average molecular weight is 391 g/mol. The van der Waals surface area contributed by atoms with Gasteiger partial charge in [-0.1, -0.05) is 19.4 Å². The highest BCUT2D eigenvalue weighted by molar-refractivity contribution is 7.92.